The molecule has 5 heteroatoms. The van der Waals surface area contributed by atoms with Gasteiger partial charge in [-0.05, 0) is 53.4 Å². The zero-order chi connectivity index (χ0) is 19.4. The molecule has 138 valence electrons. The summed E-state index contributed by atoms with van der Waals surface area (Å²) in [7, 11) is 0. The molecule has 0 saturated carbocycles. The van der Waals surface area contributed by atoms with Crippen molar-refractivity contribution in [3.05, 3.63) is 105 Å². The minimum atomic E-state index is -0.915. The van der Waals surface area contributed by atoms with E-state index in [9.17, 15) is 8.78 Å². The second-order valence-electron chi connectivity index (χ2n) is 6.39. The molecule has 0 aromatic heterocycles. The summed E-state index contributed by atoms with van der Waals surface area (Å²) in [5.41, 5.74) is 2.23. The standard InChI is InChI=1S/C22H18BrF2NO/c1-15-4-2-3-5-21(15)22(10-11-26-27,16-6-8-18(23)9-7-16)17-12-19(24)14-20(25)13-17/h2-9,11-14,27H,10H2,1H3/b26-11+. The fraction of sp³-hybridized carbons (Fsp3) is 0.136. The normalized spacial score (nSPS) is 13.6. The van der Waals surface area contributed by atoms with Gasteiger partial charge in [-0.3, -0.25) is 0 Å². The number of hydrogen-bond donors (Lipinski definition) is 1. The molecule has 3 aromatic carbocycles. The summed E-state index contributed by atoms with van der Waals surface area (Å²) in [5.74, 6) is -1.30. The van der Waals surface area contributed by atoms with Crippen LogP contribution in [-0.2, 0) is 5.41 Å². The number of oxime groups is 1. The molecule has 1 N–H and O–H groups in total. The number of rotatable bonds is 5. The molecular formula is C22H18BrF2NO. The van der Waals surface area contributed by atoms with E-state index < -0.39 is 17.0 Å². The minimum absolute atomic E-state index is 0.235. The molecule has 1 unspecified atom stereocenters. The lowest BCUT2D eigenvalue weighted by Gasteiger charge is -2.36. The van der Waals surface area contributed by atoms with Crippen molar-refractivity contribution in [1.29, 1.82) is 0 Å². The van der Waals surface area contributed by atoms with Gasteiger partial charge in [0.05, 0.1) is 5.41 Å². The Morgan fingerprint density at radius 1 is 0.963 bits per heavy atom. The lowest BCUT2D eigenvalue weighted by atomic mass is 9.66. The maximum Gasteiger partial charge on any atom is 0.126 e. The van der Waals surface area contributed by atoms with Crippen LogP contribution in [0.15, 0.2) is 76.4 Å². The molecule has 2 nitrogen and oxygen atoms in total. The number of benzene rings is 3. The van der Waals surface area contributed by atoms with E-state index in [4.69, 9.17) is 5.21 Å². The first-order chi connectivity index (χ1) is 13.0. The average molecular weight is 430 g/mol. The maximum absolute atomic E-state index is 14.1. The van der Waals surface area contributed by atoms with E-state index in [1.54, 1.807) is 0 Å². The van der Waals surface area contributed by atoms with E-state index >= 15 is 0 Å². The van der Waals surface area contributed by atoms with Crippen LogP contribution in [0.2, 0.25) is 0 Å². The SMILES string of the molecule is Cc1ccccc1C(C/C=N/O)(c1ccc(Br)cc1)c1cc(F)cc(F)c1. The van der Waals surface area contributed by atoms with Gasteiger partial charge in [-0.25, -0.2) is 8.78 Å². The molecule has 0 aliphatic rings. The van der Waals surface area contributed by atoms with Gasteiger partial charge in [-0.1, -0.05) is 52.3 Å². The summed E-state index contributed by atoms with van der Waals surface area (Å²) in [6, 6.07) is 18.8. The zero-order valence-electron chi connectivity index (χ0n) is 14.7. The lowest BCUT2D eigenvalue weighted by Crippen LogP contribution is -2.31. The topological polar surface area (TPSA) is 32.6 Å². The second-order valence-corrected chi connectivity index (χ2v) is 7.30. The monoisotopic (exact) mass is 429 g/mol. The highest BCUT2D eigenvalue weighted by Gasteiger charge is 2.37. The Bertz CT molecular complexity index is 952. The number of nitrogens with zero attached hydrogens (tertiary/aromatic N) is 1. The molecule has 1 atom stereocenters. The van der Waals surface area contributed by atoms with E-state index in [1.165, 1.54) is 18.3 Å². The van der Waals surface area contributed by atoms with Crippen LogP contribution in [0.5, 0.6) is 0 Å². The Morgan fingerprint density at radius 3 is 2.19 bits per heavy atom. The van der Waals surface area contributed by atoms with Gasteiger partial charge in [0, 0.05) is 23.2 Å². The molecule has 27 heavy (non-hydrogen) atoms. The van der Waals surface area contributed by atoms with Gasteiger partial charge in [-0.15, -0.1) is 5.16 Å². The Labute approximate surface area is 165 Å². The van der Waals surface area contributed by atoms with E-state index in [0.29, 0.717) is 5.56 Å². The fourth-order valence-corrected chi connectivity index (χ4v) is 3.85. The number of halogens is 3. The van der Waals surface area contributed by atoms with Gasteiger partial charge < -0.3 is 5.21 Å². The highest BCUT2D eigenvalue weighted by molar-refractivity contribution is 9.10. The van der Waals surface area contributed by atoms with Gasteiger partial charge >= 0.3 is 0 Å². The van der Waals surface area contributed by atoms with Crippen molar-refractivity contribution in [3.8, 4) is 0 Å². The van der Waals surface area contributed by atoms with Crippen LogP contribution < -0.4 is 0 Å². The van der Waals surface area contributed by atoms with Crippen LogP contribution in [0.4, 0.5) is 8.78 Å². The molecule has 0 spiro atoms. The fourth-order valence-electron chi connectivity index (χ4n) is 3.59. The van der Waals surface area contributed by atoms with Crippen LogP contribution in [0.1, 0.15) is 28.7 Å². The van der Waals surface area contributed by atoms with Gasteiger partial charge in [0.2, 0.25) is 0 Å². The summed E-state index contributed by atoms with van der Waals surface area (Å²) < 4.78 is 29.2. The first-order valence-electron chi connectivity index (χ1n) is 8.42. The number of aryl methyl sites for hydroxylation is 1. The first-order valence-corrected chi connectivity index (χ1v) is 9.21. The second kappa shape index (κ2) is 8.01. The van der Waals surface area contributed by atoms with E-state index in [0.717, 1.165) is 27.2 Å². The lowest BCUT2D eigenvalue weighted by molar-refractivity contribution is 0.319. The molecule has 0 bridgehead atoms. The van der Waals surface area contributed by atoms with Crippen molar-refractivity contribution in [2.24, 2.45) is 5.16 Å². The smallest absolute Gasteiger partial charge is 0.126 e. The average Bonchev–Trinajstić information content (AvgIpc) is 2.64. The Kier molecular flexibility index (Phi) is 5.71. The molecule has 0 aliphatic heterocycles. The molecule has 0 aliphatic carbocycles. The summed E-state index contributed by atoms with van der Waals surface area (Å²) >= 11 is 3.43. The highest BCUT2D eigenvalue weighted by atomic mass is 79.9. The Balaban J connectivity index is 2.41. The van der Waals surface area contributed by atoms with Crippen molar-refractivity contribution < 1.29 is 14.0 Å². The highest BCUT2D eigenvalue weighted by Crippen LogP contribution is 2.43. The van der Waals surface area contributed by atoms with Crippen molar-refractivity contribution in [1.82, 2.24) is 0 Å². The molecule has 3 aromatic rings. The summed E-state index contributed by atoms with van der Waals surface area (Å²) in [4.78, 5) is 0. The summed E-state index contributed by atoms with van der Waals surface area (Å²) in [6.07, 6.45) is 1.59. The van der Waals surface area contributed by atoms with Crippen molar-refractivity contribution in [3.63, 3.8) is 0 Å². The van der Waals surface area contributed by atoms with Crippen LogP contribution >= 0.6 is 15.9 Å². The molecule has 3 rings (SSSR count). The first kappa shape index (κ1) is 19.2. The third kappa shape index (κ3) is 3.78. The zero-order valence-corrected chi connectivity index (χ0v) is 16.2. The number of hydrogen-bond acceptors (Lipinski definition) is 2. The van der Waals surface area contributed by atoms with Crippen molar-refractivity contribution in [2.45, 2.75) is 18.8 Å². The van der Waals surface area contributed by atoms with Crippen LogP contribution in [0, 0.1) is 18.6 Å². The Hall–Kier alpha value is -2.53. The molecule has 0 fully saturated rings. The third-order valence-corrected chi connectivity index (χ3v) is 5.31. The van der Waals surface area contributed by atoms with Gasteiger partial charge in [0.1, 0.15) is 11.6 Å². The molecule has 0 saturated heterocycles. The van der Waals surface area contributed by atoms with E-state index in [-0.39, 0.29) is 6.42 Å². The quantitative estimate of drug-likeness (QED) is 0.222. The largest absolute Gasteiger partial charge is 0.411 e. The van der Waals surface area contributed by atoms with Crippen LogP contribution in [0.25, 0.3) is 0 Å². The van der Waals surface area contributed by atoms with Crippen molar-refractivity contribution >= 4 is 22.1 Å². The van der Waals surface area contributed by atoms with Gasteiger partial charge in [0.15, 0.2) is 0 Å². The van der Waals surface area contributed by atoms with E-state index in [1.807, 2.05) is 55.5 Å². The summed E-state index contributed by atoms with van der Waals surface area (Å²) in [5, 5.41) is 12.3. The van der Waals surface area contributed by atoms with Gasteiger partial charge in [0.25, 0.3) is 0 Å². The van der Waals surface area contributed by atoms with Gasteiger partial charge in [-0.2, -0.15) is 0 Å². The van der Waals surface area contributed by atoms with E-state index in [2.05, 4.69) is 21.1 Å². The molecular weight excluding hydrogens is 412 g/mol. The third-order valence-electron chi connectivity index (χ3n) is 4.78. The molecule has 0 radical (unpaired) electrons. The molecule has 0 heterocycles. The van der Waals surface area contributed by atoms with Crippen molar-refractivity contribution in [2.75, 3.05) is 0 Å². The van der Waals surface area contributed by atoms with Crippen LogP contribution in [0.3, 0.4) is 0 Å². The maximum atomic E-state index is 14.1. The molecule has 0 amide bonds. The predicted molar refractivity (Wildman–Crippen MR) is 106 cm³/mol. The Morgan fingerprint density at radius 2 is 1.59 bits per heavy atom. The predicted octanol–water partition coefficient (Wildman–Crippen LogP) is 6.22. The van der Waals surface area contributed by atoms with Crippen LogP contribution in [-0.4, -0.2) is 11.4 Å². The minimum Gasteiger partial charge on any atom is -0.411 e. The summed E-state index contributed by atoms with van der Waals surface area (Å²) in [6.45, 7) is 1.95.